The van der Waals surface area contributed by atoms with Crippen LogP contribution in [0, 0.1) is 0 Å². The maximum absolute atomic E-state index is 12.8. The molecule has 0 fully saturated rings. The van der Waals surface area contributed by atoms with Crippen LogP contribution in [0.15, 0.2) is 34.7 Å². The number of thioether (sulfide) groups is 1. The second kappa shape index (κ2) is 8.39. The average Bonchev–Trinajstić information content (AvgIpc) is 2.70. The molecule has 1 aromatic heterocycles. The number of amides is 1. The van der Waals surface area contributed by atoms with Crippen LogP contribution in [0.25, 0.3) is 0 Å². The van der Waals surface area contributed by atoms with Gasteiger partial charge in [-0.2, -0.15) is 0 Å². The quantitative estimate of drug-likeness (QED) is 0.416. The molecule has 0 radical (unpaired) electrons. The SMILES string of the molecule is C=CCSc1nc2c(c(=O)[nH]1)C(c1cc(OC)c(OC)cc1OC)CC(=O)N2. The van der Waals surface area contributed by atoms with Crippen molar-refractivity contribution in [3.05, 3.63) is 46.3 Å². The Hall–Kier alpha value is -2.94. The van der Waals surface area contributed by atoms with Crippen molar-refractivity contribution in [2.24, 2.45) is 0 Å². The number of carbonyl (C=O) groups is 1. The number of aromatic amines is 1. The zero-order chi connectivity index (χ0) is 20.3. The van der Waals surface area contributed by atoms with Crippen molar-refractivity contribution in [3.8, 4) is 17.2 Å². The summed E-state index contributed by atoms with van der Waals surface area (Å²) in [6.07, 6.45) is 1.79. The van der Waals surface area contributed by atoms with Crippen LogP contribution in [0.2, 0.25) is 0 Å². The maximum Gasteiger partial charge on any atom is 0.257 e. The number of carbonyl (C=O) groups excluding carboxylic acids is 1. The standard InChI is InChI=1S/C19H21N3O5S/c1-5-6-28-19-21-17-16(18(24)22-19)11(8-15(23)20-17)10-7-13(26-3)14(27-4)9-12(10)25-2/h5,7,9,11H,1,6,8H2,2-4H3,(H2,20,21,22,23,24). The van der Waals surface area contributed by atoms with Crippen LogP contribution in [-0.2, 0) is 4.79 Å². The summed E-state index contributed by atoms with van der Waals surface area (Å²) in [5.41, 5.74) is 0.724. The summed E-state index contributed by atoms with van der Waals surface area (Å²) in [5.74, 6) is 1.55. The first-order valence-electron chi connectivity index (χ1n) is 8.50. The number of aromatic nitrogens is 2. The number of benzene rings is 1. The summed E-state index contributed by atoms with van der Waals surface area (Å²) in [7, 11) is 4.57. The van der Waals surface area contributed by atoms with E-state index in [2.05, 4.69) is 21.9 Å². The van der Waals surface area contributed by atoms with Gasteiger partial charge in [-0.3, -0.25) is 9.59 Å². The van der Waals surface area contributed by atoms with Crippen LogP contribution in [0.5, 0.6) is 17.2 Å². The van der Waals surface area contributed by atoms with Crippen molar-refractivity contribution in [3.63, 3.8) is 0 Å². The molecule has 0 bridgehead atoms. The molecular weight excluding hydrogens is 382 g/mol. The lowest BCUT2D eigenvalue weighted by molar-refractivity contribution is -0.116. The van der Waals surface area contributed by atoms with Gasteiger partial charge in [0.15, 0.2) is 16.7 Å². The van der Waals surface area contributed by atoms with Crippen LogP contribution in [0.3, 0.4) is 0 Å². The van der Waals surface area contributed by atoms with Gasteiger partial charge in [0.05, 0.1) is 26.9 Å². The van der Waals surface area contributed by atoms with Crippen LogP contribution >= 0.6 is 11.8 Å². The lowest BCUT2D eigenvalue weighted by atomic mass is 9.86. The highest BCUT2D eigenvalue weighted by atomic mass is 32.2. The van der Waals surface area contributed by atoms with Crippen LogP contribution in [0.1, 0.15) is 23.5 Å². The largest absolute Gasteiger partial charge is 0.496 e. The van der Waals surface area contributed by atoms with E-state index in [0.717, 1.165) is 0 Å². The van der Waals surface area contributed by atoms with Crippen molar-refractivity contribution < 1.29 is 19.0 Å². The number of anilines is 1. The second-order valence-corrected chi connectivity index (χ2v) is 7.00. The fraction of sp³-hybridized carbons (Fsp3) is 0.316. The Kier molecular flexibility index (Phi) is 5.93. The van der Waals surface area contributed by atoms with Crippen LogP contribution < -0.4 is 25.1 Å². The normalized spacial score (nSPS) is 15.4. The maximum atomic E-state index is 12.8. The molecule has 0 saturated carbocycles. The van der Waals surface area contributed by atoms with E-state index in [1.807, 2.05) is 0 Å². The monoisotopic (exact) mass is 403 g/mol. The number of nitrogens with zero attached hydrogens (tertiary/aromatic N) is 1. The Morgan fingerprint density at radius 3 is 2.50 bits per heavy atom. The van der Waals surface area contributed by atoms with Crippen LogP contribution in [0.4, 0.5) is 5.82 Å². The van der Waals surface area contributed by atoms with Crippen molar-refractivity contribution in [2.75, 3.05) is 32.4 Å². The van der Waals surface area contributed by atoms with E-state index in [1.54, 1.807) is 18.2 Å². The van der Waals surface area contributed by atoms with E-state index in [4.69, 9.17) is 14.2 Å². The van der Waals surface area contributed by atoms with Gasteiger partial charge < -0.3 is 24.5 Å². The summed E-state index contributed by atoms with van der Waals surface area (Å²) < 4.78 is 16.2. The molecule has 148 valence electrons. The van der Waals surface area contributed by atoms with Gasteiger partial charge in [0.2, 0.25) is 5.91 Å². The number of hydrogen-bond acceptors (Lipinski definition) is 7. The minimum atomic E-state index is -0.534. The van der Waals surface area contributed by atoms with Gasteiger partial charge in [-0.1, -0.05) is 17.8 Å². The molecule has 9 heteroatoms. The zero-order valence-corrected chi connectivity index (χ0v) is 16.6. The highest BCUT2D eigenvalue weighted by Gasteiger charge is 2.33. The number of methoxy groups -OCH3 is 3. The first-order chi connectivity index (χ1) is 13.5. The third-order valence-electron chi connectivity index (χ3n) is 4.38. The molecular formula is C19H21N3O5S. The molecule has 1 atom stereocenters. The van der Waals surface area contributed by atoms with Crippen molar-refractivity contribution in [1.82, 2.24) is 9.97 Å². The number of ether oxygens (including phenoxy) is 3. The van der Waals surface area contributed by atoms with Gasteiger partial charge in [-0.05, 0) is 6.07 Å². The molecule has 3 rings (SSSR count). The van der Waals surface area contributed by atoms with Gasteiger partial charge in [-0.15, -0.1) is 6.58 Å². The molecule has 0 spiro atoms. The highest BCUT2D eigenvalue weighted by molar-refractivity contribution is 7.99. The number of hydrogen-bond donors (Lipinski definition) is 2. The average molecular weight is 403 g/mol. The van der Waals surface area contributed by atoms with E-state index in [1.165, 1.54) is 33.1 Å². The molecule has 28 heavy (non-hydrogen) atoms. The third kappa shape index (κ3) is 3.70. The van der Waals surface area contributed by atoms with E-state index in [9.17, 15) is 9.59 Å². The van der Waals surface area contributed by atoms with E-state index in [-0.39, 0.29) is 23.7 Å². The third-order valence-corrected chi connectivity index (χ3v) is 5.25. The first-order valence-corrected chi connectivity index (χ1v) is 9.48. The van der Waals surface area contributed by atoms with Gasteiger partial charge >= 0.3 is 0 Å². The van der Waals surface area contributed by atoms with Gasteiger partial charge in [0, 0.05) is 29.7 Å². The molecule has 8 nitrogen and oxygen atoms in total. The van der Waals surface area contributed by atoms with Gasteiger partial charge in [0.25, 0.3) is 5.56 Å². The Morgan fingerprint density at radius 1 is 1.18 bits per heavy atom. The number of rotatable bonds is 7. The Morgan fingerprint density at radius 2 is 1.86 bits per heavy atom. The summed E-state index contributed by atoms with van der Waals surface area (Å²) >= 11 is 1.33. The van der Waals surface area contributed by atoms with Crippen molar-refractivity contribution in [2.45, 2.75) is 17.5 Å². The molecule has 1 amide bonds. The van der Waals surface area contributed by atoms with E-state index in [0.29, 0.717) is 39.3 Å². The Balaban J connectivity index is 2.16. The second-order valence-electron chi connectivity index (χ2n) is 5.99. The first kappa shape index (κ1) is 19.8. The molecule has 0 aliphatic carbocycles. The molecule has 1 aliphatic heterocycles. The molecule has 1 aromatic carbocycles. The number of fused-ring (bicyclic) bond motifs is 1. The fourth-order valence-corrected chi connectivity index (χ4v) is 3.74. The summed E-state index contributed by atoms with van der Waals surface area (Å²) in [6.45, 7) is 3.65. The summed E-state index contributed by atoms with van der Waals surface area (Å²) in [5, 5.41) is 3.12. The van der Waals surface area contributed by atoms with Gasteiger partial charge in [0.1, 0.15) is 11.6 Å². The lowest BCUT2D eigenvalue weighted by Crippen LogP contribution is -2.31. The van der Waals surface area contributed by atoms with Crippen molar-refractivity contribution >= 4 is 23.5 Å². The van der Waals surface area contributed by atoms with E-state index < -0.39 is 5.92 Å². The predicted molar refractivity (Wildman–Crippen MR) is 107 cm³/mol. The molecule has 1 aliphatic rings. The molecule has 0 saturated heterocycles. The molecule has 2 aromatic rings. The van der Waals surface area contributed by atoms with Crippen molar-refractivity contribution in [1.29, 1.82) is 0 Å². The molecule has 2 heterocycles. The molecule has 1 unspecified atom stereocenters. The topological polar surface area (TPSA) is 103 Å². The molecule has 2 N–H and O–H groups in total. The number of H-pyrrole nitrogens is 1. The van der Waals surface area contributed by atoms with Crippen LogP contribution in [-0.4, -0.2) is 43.0 Å². The lowest BCUT2D eigenvalue weighted by Gasteiger charge is -2.26. The fourth-order valence-electron chi connectivity index (χ4n) is 3.15. The predicted octanol–water partition coefficient (Wildman–Crippen LogP) is 2.55. The minimum Gasteiger partial charge on any atom is -0.496 e. The minimum absolute atomic E-state index is 0.0861. The smallest absolute Gasteiger partial charge is 0.257 e. The van der Waals surface area contributed by atoms with E-state index >= 15 is 0 Å². The Bertz CT molecular complexity index is 973. The summed E-state index contributed by atoms with van der Waals surface area (Å²) in [6, 6.07) is 3.40. The Labute approximate surface area is 166 Å². The van der Waals surface area contributed by atoms with Gasteiger partial charge in [-0.25, -0.2) is 4.98 Å². The zero-order valence-electron chi connectivity index (χ0n) is 15.8. The summed E-state index contributed by atoms with van der Waals surface area (Å²) in [4.78, 5) is 32.3. The number of nitrogens with one attached hydrogen (secondary N) is 2. The highest BCUT2D eigenvalue weighted by Crippen LogP contribution is 2.43.